The number of amides is 3. The minimum atomic E-state index is -1.33. The highest BCUT2D eigenvalue weighted by Gasteiger charge is 2.36. The van der Waals surface area contributed by atoms with Crippen LogP contribution in [0.3, 0.4) is 0 Å². The number of benzene rings is 4. The van der Waals surface area contributed by atoms with E-state index in [1.165, 1.54) is 9.80 Å². The van der Waals surface area contributed by atoms with Gasteiger partial charge >= 0.3 is 18.3 Å². The minimum absolute atomic E-state index is 0.00437. The van der Waals surface area contributed by atoms with Crippen molar-refractivity contribution in [3.05, 3.63) is 131 Å². The molecule has 4 aromatic rings. The van der Waals surface area contributed by atoms with Gasteiger partial charge in [0.2, 0.25) is 0 Å². The van der Waals surface area contributed by atoms with E-state index in [-0.39, 0.29) is 38.5 Å². The lowest BCUT2D eigenvalue weighted by Gasteiger charge is -2.36. The van der Waals surface area contributed by atoms with Crippen molar-refractivity contribution in [1.29, 1.82) is 0 Å². The number of rotatable bonds is 14. The second-order valence-electron chi connectivity index (χ2n) is 16.6. The average molecular weight is 780 g/mol. The summed E-state index contributed by atoms with van der Waals surface area (Å²) in [6.45, 7) is 9.89. The quantitative estimate of drug-likeness (QED) is 0.112. The van der Waals surface area contributed by atoms with Crippen LogP contribution in [0.15, 0.2) is 109 Å². The molecule has 0 radical (unpaired) electrons. The molecule has 57 heavy (non-hydrogen) atoms. The summed E-state index contributed by atoms with van der Waals surface area (Å²) >= 11 is 0. The molecule has 4 aromatic carbocycles. The lowest BCUT2D eigenvalue weighted by Crippen LogP contribution is -2.55. The Labute approximate surface area is 336 Å². The van der Waals surface area contributed by atoms with Crippen molar-refractivity contribution in [3.8, 4) is 11.1 Å². The number of alkyl carbamates (subject to hydrolysis) is 1. The van der Waals surface area contributed by atoms with Crippen molar-refractivity contribution in [1.82, 2.24) is 15.1 Å². The Balaban J connectivity index is 1.44. The molecular weight excluding hydrogens is 723 g/mol. The molecular formula is C46H57N3O8. The summed E-state index contributed by atoms with van der Waals surface area (Å²) in [6, 6.07) is 33.0. The standard InChI is InChI=1S/C46H57N3O8/c1-45(2,3)56-42(52)47-38(26-31-18-10-8-11-19-31)40(50)28-49(44(54)55-30-37-35-24-16-14-22-33(35)34-23-15-17-25-36(34)37)29-41(51)39(27-32-20-12-9-13-21-32)48(7)43(53)57-46(4,5)6/h8-25,37-41,50-51H,26-30H2,1-7H3,(H,47,52)/t38-,39-,40+,41+/m0/s1. The van der Waals surface area contributed by atoms with Gasteiger partial charge in [-0.3, -0.25) is 0 Å². The maximum Gasteiger partial charge on any atom is 0.410 e. The van der Waals surface area contributed by atoms with Crippen molar-refractivity contribution in [2.45, 2.75) is 95.8 Å². The first-order valence-corrected chi connectivity index (χ1v) is 19.5. The molecule has 1 aliphatic rings. The maximum atomic E-state index is 14.3. The van der Waals surface area contributed by atoms with Crippen LogP contribution in [0, 0.1) is 0 Å². The fourth-order valence-corrected chi connectivity index (χ4v) is 7.08. The molecule has 0 spiro atoms. The first-order chi connectivity index (χ1) is 27.0. The molecule has 0 aliphatic heterocycles. The molecule has 4 atom stereocenters. The van der Waals surface area contributed by atoms with E-state index in [2.05, 4.69) is 5.32 Å². The number of ether oxygens (including phenoxy) is 3. The molecule has 11 heteroatoms. The van der Waals surface area contributed by atoms with Gasteiger partial charge in [0.25, 0.3) is 0 Å². The number of nitrogens with one attached hydrogen (secondary N) is 1. The van der Waals surface area contributed by atoms with E-state index in [0.29, 0.717) is 0 Å². The van der Waals surface area contributed by atoms with Gasteiger partial charge in [-0.25, -0.2) is 14.4 Å². The first kappa shape index (κ1) is 42.7. The van der Waals surface area contributed by atoms with Gasteiger partial charge in [-0.1, -0.05) is 109 Å². The Morgan fingerprint density at radius 1 is 0.649 bits per heavy atom. The van der Waals surface area contributed by atoms with Gasteiger partial charge in [-0.15, -0.1) is 0 Å². The van der Waals surface area contributed by atoms with Crippen LogP contribution in [-0.2, 0) is 27.1 Å². The summed E-state index contributed by atoms with van der Waals surface area (Å²) in [6.07, 6.45) is -4.32. The molecule has 304 valence electrons. The minimum Gasteiger partial charge on any atom is -0.448 e. The number of fused-ring (bicyclic) bond motifs is 3. The summed E-state index contributed by atoms with van der Waals surface area (Å²) in [4.78, 5) is 43.4. The smallest absolute Gasteiger partial charge is 0.410 e. The Kier molecular flexibility index (Phi) is 14.0. The Bertz CT molecular complexity index is 1900. The van der Waals surface area contributed by atoms with Gasteiger partial charge in [0.1, 0.15) is 17.8 Å². The average Bonchev–Trinajstić information content (AvgIpc) is 3.48. The lowest BCUT2D eigenvalue weighted by atomic mass is 9.98. The van der Waals surface area contributed by atoms with Gasteiger partial charge in [0.15, 0.2) is 0 Å². The lowest BCUT2D eigenvalue weighted by molar-refractivity contribution is -0.0113. The largest absolute Gasteiger partial charge is 0.448 e. The van der Waals surface area contributed by atoms with Crippen LogP contribution in [0.5, 0.6) is 0 Å². The summed E-state index contributed by atoms with van der Waals surface area (Å²) in [5.74, 6) is -0.234. The third-order valence-electron chi connectivity index (χ3n) is 9.78. The van der Waals surface area contributed by atoms with Gasteiger partial charge < -0.3 is 39.5 Å². The number of carbonyl (C=O) groups is 3. The van der Waals surface area contributed by atoms with Crippen molar-refractivity contribution in [2.24, 2.45) is 0 Å². The molecule has 3 N–H and O–H groups in total. The molecule has 0 aromatic heterocycles. The Hall–Kier alpha value is -5.39. The normalized spacial score (nSPS) is 14.6. The van der Waals surface area contributed by atoms with Gasteiger partial charge in [0.05, 0.1) is 37.4 Å². The summed E-state index contributed by atoms with van der Waals surface area (Å²) in [5, 5.41) is 26.7. The number of aliphatic hydroxyl groups excluding tert-OH is 2. The van der Waals surface area contributed by atoms with E-state index in [4.69, 9.17) is 14.2 Å². The number of likely N-dealkylation sites (N-methyl/N-ethyl adjacent to an activating group) is 1. The molecule has 5 rings (SSSR count). The van der Waals surface area contributed by atoms with Gasteiger partial charge in [-0.2, -0.15) is 0 Å². The van der Waals surface area contributed by atoms with E-state index >= 15 is 0 Å². The van der Waals surface area contributed by atoms with E-state index in [1.807, 2.05) is 109 Å². The van der Waals surface area contributed by atoms with Crippen molar-refractivity contribution < 1.29 is 38.8 Å². The first-order valence-electron chi connectivity index (χ1n) is 19.5. The second-order valence-corrected chi connectivity index (χ2v) is 16.6. The zero-order valence-electron chi connectivity index (χ0n) is 34.1. The molecule has 0 saturated heterocycles. The van der Waals surface area contributed by atoms with Crippen LogP contribution < -0.4 is 5.32 Å². The Morgan fingerprint density at radius 2 is 1.12 bits per heavy atom. The predicted molar refractivity (Wildman–Crippen MR) is 220 cm³/mol. The number of hydrogen-bond acceptors (Lipinski definition) is 8. The predicted octanol–water partition coefficient (Wildman–Crippen LogP) is 7.57. The topological polar surface area (TPSA) is 138 Å². The molecule has 0 saturated carbocycles. The molecule has 3 amide bonds. The van der Waals surface area contributed by atoms with Crippen LogP contribution in [-0.4, -0.2) is 101 Å². The summed E-state index contributed by atoms with van der Waals surface area (Å²) in [7, 11) is 1.55. The van der Waals surface area contributed by atoms with Crippen LogP contribution in [0.1, 0.15) is 69.7 Å². The van der Waals surface area contributed by atoms with Crippen LogP contribution in [0.2, 0.25) is 0 Å². The molecule has 1 aliphatic carbocycles. The third-order valence-corrected chi connectivity index (χ3v) is 9.78. The molecule has 0 fully saturated rings. The zero-order valence-corrected chi connectivity index (χ0v) is 34.1. The SMILES string of the molecule is CN(C(=O)OC(C)(C)C)[C@@H](Cc1ccccc1)[C@H](O)CN(C[C@@H](O)[C@H](Cc1ccccc1)NC(=O)OC(C)(C)C)C(=O)OCC1c2ccccc2-c2ccccc21. The maximum absolute atomic E-state index is 14.3. The molecule has 11 nitrogen and oxygen atoms in total. The van der Waals surface area contributed by atoms with Crippen molar-refractivity contribution >= 4 is 18.3 Å². The van der Waals surface area contributed by atoms with Crippen LogP contribution in [0.4, 0.5) is 14.4 Å². The highest BCUT2D eigenvalue weighted by Crippen LogP contribution is 2.44. The zero-order chi connectivity index (χ0) is 41.3. The summed E-state index contributed by atoms with van der Waals surface area (Å²) in [5.41, 5.74) is 4.32. The van der Waals surface area contributed by atoms with E-state index in [1.54, 1.807) is 48.6 Å². The molecule has 0 bridgehead atoms. The highest BCUT2D eigenvalue weighted by atomic mass is 16.6. The van der Waals surface area contributed by atoms with Crippen LogP contribution >= 0.6 is 0 Å². The highest BCUT2D eigenvalue weighted by molar-refractivity contribution is 5.79. The van der Waals surface area contributed by atoms with Gasteiger partial charge in [0, 0.05) is 13.0 Å². The third kappa shape index (κ3) is 12.1. The number of hydrogen-bond donors (Lipinski definition) is 3. The summed E-state index contributed by atoms with van der Waals surface area (Å²) < 4.78 is 17.3. The fraction of sp³-hybridized carbons (Fsp3) is 0.413. The number of nitrogens with zero attached hydrogens (tertiary/aromatic N) is 2. The Morgan fingerprint density at radius 3 is 1.65 bits per heavy atom. The van der Waals surface area contributed by atoms with Crippen molar-refractivity contribution in [3.63, 3.8) is 0 Å². The fourth-order valence-electron chi connectivity index (χ4n) is 7.08. The second kappa shape index (κ2) is 18.7. The van der Waals surface area contributed by atoms with E-state index < -0.39 is 53.8 Å². The van der Waals surface area contributed by atoms with Crippen LogP contribution in [0.25, 0.3) is 11.1 Å². The number of aliphatic hydroxyl groups is 2. The van der Waals surface area contributed by atoms with E-state index in [9.17, 15) is 24.6 Å². The van der Waals surface area contributed by atoms with Gasteiger partial charge in [-0.05, 0) is 87.8 Å². The number of carbonyl (C=O) groups excluding carboxylic acids is 3. The molecule has 0 unspecified atom stereocenters. The van der Waals surface area contributed by atoms with Crippen molar-refractivity contribution in [2.75, 3.05) is 26.7 Å². The monoisotopic (exact) mass is 779 g/mol. The van der Waals surface area contributed by atoms with E-state index in [0.717, 1.165) is 33.4 Å². The molecule has 0 heterocycles.